The number of carbonyl (C=O) groups is 1. The molecule has 2 fully saturated rings. The summed E-state index contributed by atoms with van der Waals surface area (Å²) in [5.41, 5.74) is 1.29. The maximum atomic E-state index is 15.2. The number of nitrogens with zero attached hydrogens (tertiary/aromatic N) is 3. The van der Waals surface area contributed by atoms with E-state index in [1.807, 2.05) is 9.47 Å². The van der Waals surface area contributed by atoms with Gasteiger partial charge in [0.2, 0.25) is 5.43 Å². The van der Waals surface area contributed by atoms with Crippen LogP contribution in [0.4, 0.5) is 15.8 Å². The van der Waals surface area contributed by atoms with Gasteiger partial charge in [-0.1, -0.05) is 0 Å². The topological polar surface area (TPSA) is 66.8 Å². The molecule has 0 unspecified atom stereocenters. The lowest BCUT2D eigenvalue weighted by atomic mass is 10.1. The predicted octanol–water partition coefficient (Wildman–Crippen LogP) is 3.49. The molecule has 8 heteroatoms. The molecule has 1 aromatic heterocycles. The fourth-order valence-corrected chi connectivity index (χ4v) is 4.34. The molecule has 172 valence electrons. The summed E-state index contributed by atoms with van der Waals surface area (Å²) in [5.74, 6) is -0.273. The Morgan fingerprint density at radius 2 is 1.79 bits per heavy atom. The van der Waals surface area contributed by atoms with E-state index in [1.165, 1.54) is 6.07 Å². The highest BCUT2D eigenvalue weighted by atomic mass is 19.1. The van der Waals surface area contributed by atoms with Crippen LogP contribution in [0.15, 0.2) is 47.4 Å². The second-order valence-electron chi connectivity index (χ2n) is 8.80. The van der Waals surface area contributed by atoms with Gasteiger partial charge in [0.15, 0.2) is 0 Å². The summed E-state index contributed by atoms with van der Waals surface area (Å²) in [5, 5.41) is 3.00. The van der Waals surface area contributed by atoms with Gasteiger partial charge in [-0.25, -0.2) is 4.39 Å². The molecule has 0 spiro atoms. The lowest BCUT2D eigenvalue weighted by molar-refractivity contribution is 0.102. The molecule has 7 nitrogen and oxygen atoms in total. The van der Waals surface area contributed by atoms with Crippen molar-refractivity contribution in [3.63, 3.8) is 0 Å². The number of benzene rings is 2. The Bertz CT molecular complexity index is 1260. The van der Waals surface area contributed by atoms with Crippen molar-refractivity contribution in [1.29, 1.82) is 0 Å². The second kappa shape index (κ2) is 8.51. The molecule has 0 bridgehead atoms. The smallest absolute Gasteiger partial charge is 0.261 e. The average Bonchev–Trinajstić information content (AvgIpc) is 3.66. The zero-order valence-electron chi connectivity index (χ0n) is 18.8. The van der Waals surface area contributed by atoms with E-state index >= 15 is 4.39 Å². The van der Waals surface area contributed by atoms with Gasteiger partial charge < -0.3 is 24.4 Å². The maximum absolute atomic E-state index is 15.2. The van der Waals surface area contributed by atoms with E-state index in [0.717, 1.165) is 39.0 Å². The van der Waals surface area contributed by atoms with Gasteiger partial charge in [-0.15, -0.1) is 0 Å². The molecule has 1 saturated carbocycles. The van der Waals surface area contributed by atoms with Crippen molar-refractivity contribution in [2.24, 2.45) is 0 Å². The van der Waals surface area contributed by atoms with Crippen LogP contribution in [0.5, 0.6) is 5.75 Å². The molecular weight excluding hydrogens is 423 g/mol. The van der Waals surface area contributed by atoms with Gasteiger partial charge >= 0.3 is 0 Å². The first-order valence-corrected chi connectivity index (χ1v) is 11.2. The van der Waals surface area contributed by atoms with Crippen LogP contribution in [0.1, 0.15) is 29.2 Å². The molecule has 5 rings (SSSR count). The first-order valence-electron chi connectivity index (χ1n) is 11.2. The Balaban J connectivity index is 1.54. The molecule has 1 saturated heterocycles. The number of methoxy groups -OCH3 is 1. The number of hydrogen-bond acceptors (Lipinski definition) is 5. The Morgan fingerprint density at radius 1 is 1.09 bits per heavy atom. The summed E-state index contributed by atoms with van der Waals surface area (Å²) in [6.07, 6.45) is 3.57. The van der Waals surface area contributed by atoms with Gasteiger partial charge in [0, 0.05) is 49.5 Å². The molecule has 2 aliphatic rings. The van der Waals surface area contributed by atoms with Crippen molar-refractivity contribution in [2.45, 2.75) is 18.9 Å². The summed E-state index contributed by atoms with van der Waals surface area (Å²) in [4.78, 5) is 30.5. The number of likely N-dealkylation sites (N-methyl/N-ethyl adjacent to an activating group) is 1. The Kier molecular flexibility index (Phi) is 5.54. The first kappa shape index (κ1) is 21.5. The van der Waals surface area contributed by atoms with E-state index in [9.17, 15) is 9.59 Å². The number of amides is 1. The molecule has 1 aliphatic heterocycles. The van der Waals surface area contributed by atoms with Crippen LogP contribution in [0.2, 0.25) is 0 Å². The molecule has 1 N–H and O–H groups in total. The monoisotopic (exact) mass is 450 g/mol. The zero-order chi connectivity index (χ0) is 23.1. The Labute approximate surface area is 191 Å². The highest BCUT2D eigenvalue weighted by molar-refractivity contribution is 6.06. The normalized spacial score (nSPS) is 16.8. The zero-order valence-corrected chi connectivity index (χ0v) is 18.8. The molecule has 3 aromatic rings. The number of hydrogen-bond donors (Lipinski definition) is 1. The molecule has 33 heavy (non-hydrogen) atoms. The van der Waals surface area contributed by atoms with E-state index in [1.54, 1.807) is 43.6 Å². The standard InChI is InChI=1S/C25H27FN4O3/c1-28-9-11-29(12-10-28)23-14-22-19(13-21(23)26)24(31)20(15-30(22)17-5-6-17)25(32)27-16-3-7-18(33-2)8-4-16/h3-4,7-8,13-15,17H,5-6,9-12H2,1-2H3,(H,27,32). The minimum atomic E-state index is -0.509. The molecule has 2 heterocycles. The SMILES string of the molecule is COc1ccc(NC(=O)c2cn(C3CC3)c3cc(N4CCN(C)CC4)c(F)cc3c2=O)cc1. The van der Waals surface area contributed by atoms with Crippen LogP contribution >= 0.6 is 0 Å². The van der Waals surface area contributed by atoms with Gasteiger partial charge in [-0.05, 0) is 56.3 Å². The van der Waals surface area contributed by atoms with E-state index in [4.69, 9.17) is 4.74 Å². The quantitative estimate of drug-likeness (QED) is 0.645. The highest BCUT2D eigenvalue weighted by Gasteiger charge is 2.28. The predicted molar refractivity (Wildman–Crippen MR) is 127 cm³/mol. The molecule has 1 aliphatic carbocycles. The summed E-state index contributed by atoms with van der Waals surface area (Å²) in [7, 11) is 3.62. The molecule has 0 atom stereocenters. The Hall–Kier alpha value is -3.39. The first-order chi connectivity index (χ1) is 15.9. The van der Waals surface area contributed by atoms with Gasteiger partial charge in [-0.2, -0.15) is 0 Å². The van der Waals surface area contributed by atoms with Crippen molar-refractivity contribution in [1.82, 2.24) is 9.47 Å². The number of halogens is 1. The summed E-state index contributed by atoms with van der Waals surface area (Å²) < 4.78 is 22.3. The van der Waals surface area contributed by atoms with Crippen molar-refractivity contribution >= 4 is 28.2 Å². The third kappa shape index (κ3) is 4.18. The minimum Gasteiger partial charge on any atom is -0.497 e. The maximum Gasteiger partial charge on any atom is 0.261 e. The van der Waals surface area contributed by atoms with E-state index in [2.05, 4.69) is 17.3 Å². The van der Waals surface area contributed by atoms with E-state index in [0.29, 0.717) is 22.6 Å². The lowest BCUT2D eigenvalue weighted by Crippen LogP contribution is -2.44. The van der Waals surface area contributed by atoms with E-state index < -0.39 is 17.2 Å². The molecular formula is C25H27FN4O3. The molecule has 1 amide bonds. The largest absolute Gasteiger partial charge is 0.497 e. The number of pyridine rings is 1. The summed E-state index contributed by atoms with van der Waals surface area (Å²) in [6, 6.07) is 10.2. The lowest BCUT2D eigenvalue weighted by Gasteiger charge is -2.34. The van der Waals surface area contributed by atoms with Crippen LogP contribution in [0.25, 0.3) is 10.9 Å². The second-order valence-corrected chi connectivity index (χ2v) is 8.80. The van der Waals surface area contributed by atoms with Crippen molar-refractivity contribution in [2.75, 3.05) is 50.6 Å². The van der Waals surface area contributed by atoms with Crippen LogP contribution in [0, 0.1) is 5.82 Å². The number of rotatable bonds is 5. The molecule has 0 radical (unpaired) electrons. The van der Waals surface area contributed by atoms with Crippen LogP contribution in [0.3, 0.4) is 0 Å². The van der Waals surface area contributed by atoms with Gasteiger partial charge in [0.05, 0.1) is 18.3 Å². The van der Waals surface area contributed by atoms with Gasteiger partial charge in [0.1, 0.15) is 17.1 Å². The number of carbonyl (C=O) groups excluding carboxylic acids is 1. The van der Waals surface area contributed by atoms with Crippen LogP contribution in [-0.2, 0) is 0 Å². The minimum absolute atomic E-state index is 0.0111. The number of piperazine rings is 1. The fourth-order valence-electron chi connectivity index (χ4n) is 4.34. The third-order valence-electron chi connectivity index (χ3n) is 6.48. The number of aromatic nitrogens is 1. The number of fused-ring (bicyclic) bond motifs is 1. The van der Waals surface area contributed by atoms with Gasteiger partial charge in [-0.3, -0.25) is 9.59 Å². The van der Waals surface area contributed by atoms with E-state index in [-0.39, 0.29) is 17.0 Å². The summed E-state index contributed by atoms with van der Waals surface area (Å²) in [6.45, 7) is 3.18. The van der Waals surface area contributed by atoms with Crippen LogP contribution in [-0.4, -0.2) is 55.7 Å². The van der Waals surface area contributed by atoms with Crippen LogP contribution < -0.4 is 20.4 Å². The summed E-state index contributed by atoms with van der Waals surface area (Å²) >= 11 is 0. The number of nitrogens with one attached hydrogen (secondary N) is 1. The third-order valence-corrected chi connectivity index (χ3v) is 6.48. The highest BCUT2D eigenvalue weighted by Crippen LogP contribution is 2.38. The Morgan fingerprint density at radius 3 is 2.42 bits per heavy atom. The van der Waals surface area contributed by atoms with Crippen molar-refractivity contribution in [3.8, 4) is 5.75 Å². The number of anilines is 2. The number of ether oxygens (including phenoxy) is 1. The van der Waals surface area contributed by atoms with Gasteiger partial charge in [0.25, 0.3) is 5.91 Å². The fraction of sp³-hybridized carbons (Fsp3) is 0.360. The average molecular weight is 451 g/mol. The van der Waals surface area contributed by atoms with Crippen molar-refractivity contribution in [3.05, 3.63) is 64.2 Å². The van der Waals surface area contributed by atoms with Crippen molar-refractivity contribution < 1.29 is 13.9 Å². The molecule has 2 aromatic carbocycles.